The summed E-state index contributed by atoms with van der Waals surface area (Å²) < 4.78 is 5.37. The highest BCUT2D eigenvalue weighted by molar-refractivity contribution is 5.94. The predicted octanol–water partition coefficient (Wildman–Crippen LogP) is 1.55. The van der Waals surface area contributed by atoms with Gasteiger partial charge in [0.05, 0.1) is 11.1 Å². The third-order valence-electron chi connectivity index (χ3n) is 6.47. The maximum absolute atomic E-state index is 13.2. The van der Waals surface area contributed by atoms with Crippen molar-refractivity contribution in [1.29, 1.82) is 0 Å². The average Bonchev–Trinajstić information content (AvgIpc) is 3.42. The van der Waals surface area contributed by atoms with E-state index in [9.17, 15) is 9.59 Å². The Morgan fingerprint density at radius 3 is 2.84 bits per heavy atom. The van der Waals surface area contributed by atoms with Crippen LogP contribution in [0.2, 0.25) is 0 Å². The second-order valence-corrected chi connectivity index (χ2v) is 8.44. The van der Waals surface area contributed by atoms with Gasteiger partial charge in [0.25, 0.3) is 11.5 Å². The SMILES string of the molecule is Cn1ccnc1-c1ccc2n(c1=O)C[C@H]1C[C@@H]2CN(C(=O)c2ccc3ncnn3c2)C1. The number of carbonyl (C=O) groups excluding carboxylic acids is 1. The summed E-state index contributed by atoms with van der Waals surface area (Å²) in [6, 6.07) is 7.51. The Kier molecular flexibility index (Phi) is 3.86. The van der Waals surface area contributed by atoms with Gasteiger partial charge in [0.15, 0.2) is 5.65 Å². The highest BCUT2D eigenvalue weighted by Gasteiger charge is 2.37. The van der Waals surface area contributed by atoms with Crippen molar-refractivity contribution in [2.45, 2.75) is 18.9 Å². The highest BCUT2D eigenvalue weighted by Crippen LogP contribution is 2.36. The summed E-state index contributed by atoms with van der Waals surface area (Å²) in [5.74, 6) is 1.07. The lowest BCUT2D eigenvalue weighted by Crippen LogP contribution is -2.49. The zero-order chi connectivity index (χ0) is 21.1. The molecule has 1 amide bonds. The Balaban J connectivity index is 1.32. The summed E-state index contributed by atoms with van der Waals surface area (Å²) in [6.45, 7) is 1.87. The number of aromatic nitrogens is 6. The van der Waals surface area contributed by atoms with Crippen LogP contribution in [0, 0.1) is 5.92 Å². The van der Waals surface area contributed by atoms with Crippen LogP contribution in [0.3, 0.4) is 0 Å². The molecule has 1 fully saturated rings. The number of hydrogen-bond acceptors (Lipinski definition) is 5. The number of pyridine rings is 2. The molecule has 0 saturated carbocycles. The Morgan fingerprint density at radius 2 is 2.00 bits per heavy atom. The second-order valence-electron chi connectivity index (χ2n) is 8.44. The number of amides is 1. The second kappa shape index (κ2) is 6.63. The van der Waals surface area contributed by atoms with Crippen LogP contribution in [-0.2, 0) is 13.6 Å². The maximum atomic E-state index is 13.2. The number of imidazole rings is 1. The normalized spacial score (nSPS) is 20.1. The molecule has 0 spiro atoms. The molecule has 31 heavy (non-hydrogen) atoms. The van der Waals surface area contributed by atoms with Gasteiger partial charge in [-0.1, -0.05) is 0 Å². The number of fused-ring (bicyclic) bond motifs is 5. The van der Waals surface area contributed by atoms with Crippen LogP contribution in [-0.4, -0.2) is 52.6 Å². The van der Waals surface area contributed by atoms with Crippen molar-refractivity contribution in [1.82, 2.24) is 33.6 Å². The lowest BCUT2D eigenvalue weighted by atomic mass is 9.82. The average molecular weight is 415 g/mol. The van der Waals surface area contributed by atoms with Crippen LogP contribution >= 0.6 is 0 Å². The monoisotopic (exact) mass is 415 g/mol. The molecular formula is C22H21N7O2. The zero-order valence-corrected chi connectivity index (χ0v) is 17.0. The summed E-state index contributed by atoms with van der Waals surface area (Å²) in [6.07, 6.45) is 7.74. The van der Waals surface area contributed by atoms with Crippen molar-refractivity contribution in [3.8, 4) is 11.4 Å². The molecular weight excluding hydrogens is 394 g/mol. The molecule has 1 saturated heterocycles. The summed E-state index contributed by atoms with van der Waals surface area (Å²) in [5.41, 5.74) is 2.93. The molecule has 4 aromatic heterocycles. The molecule has 0 aliphatic carbocycles. The Hall–Kier alpha value is -3.75. The minimum Gasteiger partial charge on any atom is -0.338 e. The van der Waals surface area contributed by atoms with Gasteiger partial charge >= 0.3 is 0 Å². The van der Waals surface area contributed by atoms with Crippen LogP contribution in [0.25, 0.3) is 17.0 Å². The minimum atomic E-state index is -0.00692. The molecule has 0 N–H and O–H groups in total. The van der Waals surface area contributed by atoms with Gasteiger partial charge < -0.3 is 14.0 Å². The number of hydrogen-bond donors (Lipinski definition) is 0. The molecule has 4 aromatic rings. The molecule has 2 bridgehead atoms. The maximum Gasteiger partial charge on any atom is 0.261 e. The first-order chi connectivity index (χ1) is 15.1. The summed E-state index contributed by atoms with van der Waals surface area (Å²) in [7, 11) is 1.89. The van der Waals surface area contributed by atoms with Gasteiger partial charge in [-0.15, -0.1) is 0 Å². The van der Waals surface area contributed by atoms with Gasteiger partial charge in [0.1, 0.15) is 12.2 Å². The molecule has 2 aliphatic rings. The number of aryl methyl sites for hydroxylation is 1. The van der Waals surface area contributed by atoms with Crippen molar-refractivity contribution in [2.75, 3.05) is 13.1 Å². The van der Waals surface area contributed by atoms with E-state index in [1.807, 2.05) is 39.4 Å². The Morgan fingerprint density at radius 1 is 1.10 bits per heavy atom. The molecule has 0 radical (unpaired) electrons. The van der Waals surface area contributed by atoms with E-state index in [2.05, 4.69) is 15.1 Å². The van der Waals surface area contributed by atoms with E-state index in [0.717, 1.165) is 12.1 Å². The summed E-state index contributed by atoms with van der Waals surface area (Å²) >= 11 is 0. The van der Waals surface area contributed by atoms with Crippen molar-refractivity contribution < 1.29 is 4.79 Å². The lowest BCUT2D eigenvalue weighted by Gasteiger charge is -2.42. The largest absolute Gasteiger partial charge is 0.338 e. The van der Waals surface area contributed by atoms with E-state index in [4.69, 9.17) is 0 Å². The van der Waals surface area contributed by atoms with E-state index in [1.54, 1.807) is 29.0 Å². The van der Waals surface area contributed by atoms with Gasteiger partial charge in [-0.05, 0) is 36.6 Å². The fraction of sp³-hybridized carbons (Fsp3) is 0.318. The van der Waals surface area contributed by atoms with Gasteiger partial charge in [0.2, 0.25) is 0 Å². The first kappa shape index (κ1) is 18.1. The van der Waals surface area contributed by atoms with Gasteiger partial charge in [-0.3, -0.25) is 9.59 Å². The number of likely N-dealkylation sites (tertiary alicyclic amines) is 1. The molecule has 156 valence electrons. The zero-order valence-electron chi connectivity index (χ0n) is 17.0. The van der Waals surface area contributed by atoms with Crippen molar-refractivity contribution in [3.05, 3.63) is 70.8 Å². The van der Waals surface area contributed by atoms with Gasteiger partial charge in [0, 0.05) is 56.9 Å². The van der Waals surface area contributed by atoms with Crippen LogP contribution in [0.4, 0.5) is 0 Å². The first-order valence-corrected chi connectivity index (χ1v) is 10.4. The van der Waals surface area contributed by atoms with Gasteiger partial charge in [-0.25, -0.2) is 14.5 Å². The van der Waals surface area contributed by atoms with E-state index < -0.39 is 0 Å². The molecule has 0 unspecified atom stereocenters. The topological polar surface area (TPSA) is 90.3 Å². The van der Waals surface area contributed by atoms with Crippen LogP contribution in [0.15, 0.2) is 54.0 Å². The van der Waals surface area contributed by atoms with Crippen LogP contribution in [0.1, 0.15) is 28.4 Å². The number of rotatable bonds is 2. The molecule has 6 rings (SSSR count). The molecule has 2 atom stereocenters. The van der Waals surface area contributed by atoms with Crippen LogP contribution < -0.4 is 5.56 Å². The van der Waals surface area contributed by atoms with E-state index in [-0.39, 0.29) is 23.3 Å². The molecule has 9 nitrogen and oxygen atoms in total. The number of piperidine rings is 1. The number of nitrogens with zero attached hydrogens (tertiary/aromatic N) is 7. The predicted molar refractivity (Wildman–Crippen MR) is 113 cm³/mol. The lowest BCUT2D eigenvalue weighted by molar-refractivity contribution is 0.0594. The molecule has 0 aromatic carbocycles. The highest BCUT2D eigenvalue weighted by atomic mass is 16.2. The molecule has 2 aliphatic heterocycles. The summed E-state index contributed by atoms with van der Waals surface area (Å²) in [4.78, 5) is 36.8. The van der Waals surface area contributed by atoms with E-state index >= 15 is 0 Å². The molecule has 6 heterocycles. The number of carbonyl (C=O) groups is 1. The fourth-order valence-electron chi connectivity index (χ4n) is 5.03. The quantitative estimate of drug-likeness (QED) is 0.496. The Bertz CT molecular complexity index is 1380. The van der Waals surface area contributed by atoms with Crippen molar-refractivity contribution in [2.24, 2.45) is 13.0 Å². The van der Waals surface area contributed by atoms with Crippen molar-refractivity contribution >= 4 is 11.6 Å². The van der Waals surface area contributed by atoms with Crippen LogP contribution in [0.5, 0.6) is 0 Å². The smallest absolute Gasteiger partial charge is 0.261 e. The minimum absolute atomic E-state index is 0.00193. The fourth-order valence-corrected chi connectivity index (χ4v) is 5.03. The third kappa shape index (κ3) is 2.80. The standard InChI is InChI=1S/C22H21N7O2/c1-26-7-6-23-20(26)17-3-4-18-16-8-14(10-28(18)22(17)31)9-27(11-16)21(30)15-2-5-19-24-13-25-29(19)12-15/h2-7,12-14,16H,8-11H2,1H3/t14-,16+/m0/s1. The molecule has 9 heteroatoms. The first-order valence-electron chi connectivity index (χ1n) is 10.4. The van der Waals surface area contributed by atoms with E-state index in [0.29, 0.717) is 42.2 Å². The van der Waals surface area contributed by atoms with Gasteiger partial charge in [-0.2, -0.15) is 5.10 Å². The van der Waals surface area contributed by atoms with Crippen molar-refractivity contribution in [3.63, 3.8) is 0 Å². The Labute approximate surface area is 177 Å². The van der Waals surface area contributed by atoms with E-state index in [1.165, 1.54) is 6.33 Å². The summed E-state index contributed by atoms with van der Waals surface area (Å²) in [5, 5.41) is 4.13. The third-order valence-corrected chi connectivity index (χ3v) is 6.47.